The van der Waals surface area contributed by atoms with Crippen LogP contribution >= 0.6 is 11.6 Å². The molecule has 5 heteroatoms. The van der Waals surface area contributed by atoms with Crippen LogP contribution in [0.25, 0.3) is 0 Å². The first kappa shape index (κ1) is 13.9. The Morgan fingerprint density at radius 2 is 2.05 bits per heavy atom. The van der Waals surface area contributed by atoms with E-state index in [1.165, 1.54) is 0 Å². The molecule has 3 rings (SSSR count). The van der Waals surface area contributed by atoms with Crippen LogP contribution in [0.3, 0.4) is 0 Å². The standard InChI is InChI=1S/C16H16ClNO3/c1-19-14-7-11(8-15-16(14)21-6-5-20-15)10-18-13-4-2-3-12(17)9-13/h2-4,7-9,18H,5-6,10H2,1H3. The van der Waals surface area contributed by atoms with Crippen LogP contribution in [0.2, 0.25) is 5.02 Å². The quantitative estimate of drug-likeness (QED) is 0.934. The van der Waals surface area contributed by atoms with E-state index < -0.39 is 0 Å². The molecule has 21 heavy (non-hydrogen) atoms. The number of benzene rings is 2. The topological polar surface area (TPSA) is 39.7 Å². The second-order valence-corrected chi connectivity index (χ2v) is 5.12. The summed E-state index contributed by atoms with van der Waals surface area (Å²) in [5.74, 6) is 2.09. The summed E-state index contributed by atoms with van der Waals surface area (Å²) >= 11 is 5.97. The second-order valence-electron chi connectivity index (χ2n) is 4.69. The van der Waals surface area contributed by atoms with Crippen molar-refractivity contribution in [2.45, 2.75) is 6.54 Å². The molecule has 2 aromatic carbocycles. The van der Waals surface area contributed by atoms with Gasteiger partial charge in [0.15, 0.2) is 11.5 Å². The molecule has 1 N–H and O–H groups in total. The first-order valence-electron chi connectivity index (χ1n) is 6.72. The number of hydrogen-bond acceptors (Lipinski definition) is 4. The summed E-state index contributed by atoms with van der Waals surface area (Å²) < 4.78 is 16.6. The molecule has 0 radical (unpaired) electrons. The van der Waals surface area contributed by atoms with Crippen molar-refractivity contribution in [2.75, 3.05) is 25.6 Å². The monoisotopic (exact) mass is 305 g/mol. The summed E-state index contributed by atoms with van der Waals surface area (Å²) in [5, 5.41) is 4.03. The maximum absolute atomic E-state index is 5.97. The summed E-state index contributed by atoms with van der Waals surface area (Å²) in [7, 11) is 1.63. The zero-order valence-corrected chi connectivity index (χ0v) is 12.4. The molecule has 1 aliphatic heterocycles. The molecule has 0 atom stereocenters. The van der Waals surface area contributed by atoms with Crippen molar-refractivity contribution in [1.82, 2.24) is 0 Å². The van der Waals surface area contributed by atoms with E-state index in [1.807, 2.05) is 36.4 Å². The molecule has 0 saturated carbocycles. The van der Waals surface area contributed by atoms with Crippen LogP contribution in [0, 0.1) is 0 Å². The van der Waals surface area contributed by atoms with E-state index in [4.69, 9.17) is 25.8 Å². The molecule has 0 saturated heterocycles. The van der Waals surface area contributed by atoms with Crippen molar-refractivity contribution in [2.24, 2.45) is 0 Å². The zero-order chi connectivity index (χ0) is 14.7. The van der Waals surface area contributed by atoms with Gasteiger partial charge in [0, 0.05) is 17.3 Å². The molecule has 1 heterocycles. The van der Waals surface area contributed by atoms with Crippen LogP contribution < -0.4 is 19.5 Å². The Bertz CT molecular complexity index is 628. The minimum absolute atomic E-state index is 0.545. The second kappa shape index (κ2) is 6.14. The first-order valence-corrected chi connectivity index (χ1v) is 7.10. The van der Waals surface area contributed by atoms with Gasteiger partial charge in [0.1, 0.15) is 13.2 Å². The van der Waals surface area contributed by atoms with Crippen LogP contribution in [-0.2, 0) is 6.54 Å². The fourth-order valence-electron chi connectivity index (χ4n) is 2.23. The fourth-order valence-corrected chi connectivity index (χ4v) is 2.42. The Morgan fingerprint density at radius 3 is 2.86 bits per heavy atom. The van der Waals surface area contributed by atoms with Crippen LogP contribution in [0.15, 0.2) is 36.4 Å². The number of nitrogens with one attached hydrogen (secondary N) is 1. The molecule has 0 fully saturated rings. The van der Waals surface area contributed by atoms with Gasteiger partial charge in [-0.3, -0.25) is 0 Å². The highest BCUT2D eigenvalue weighted by molar-refractivity contribution is 6.30. The van der Waals surface area contributed by atoms with Gasteiger partial charge in [-0.15, -0.1) is 0 Å². The predicted octanol–water partition coefficient (Wildman–Crippen LogP) is 3.73. The fraction of sp³-hybridized carbons (Fsp3) is 0.250. The van der Waals surface area contributed by atoms with Crippen molar-refractivity contribution in [1.29, 1.82) is 0 Å². The molecule has 2 aromatic rings. The van der Waals surface area contributed by atoms with Crippen molar-refractivity contribution in [3.8, 4) is 17.2 Å². The Balaban J connectivity index is 1.79. The van der Waals surface area contributed by atoms with Gasteiger partial charge in [0.05, 0.1) is 7.11 Å². The normalized spacial score (nSPS) is 12.9. The van der Waals surface area contributed by atoms with Gasteiger partial charge < -0.3 is 19.5 Å². The van der Waals surface area contributed by atoms with E-state index in [1.54, 1.807) is 7.11 Å². The summed E-state index contributed by atoms with van der Waals surface area (Å²) in [5.41, 5.74) is 2.02. The molecule has 0 spiro atoms. The van der Waals surface area contributed by atoms with Gasteiger partial charge >= 0.3 is 0 Å². The van der Waals surface area contributed by atoms with E-state index in [0.29, 0.717) is 36.3 Å². The van der Waals surface area contributed by atoms with E-state index in [2.05, 4.69) is 5.32 Å². The van der Waals surface area contributed by atoms with Crippen molar-refractivity contribution in [3.63, 3.8) is 0 Å². The average Bonchev–Trinajstić information content (AvgIpc) is 2.52. The van der Waals surface area contributed by atoms with Crippen molar-refractivity contribution < 1.29 is 14.2 Å². The maximum Gasteiger partial charge on any atom is 0.203 e. The zero-order valence-electron chi connectivity index (χ0n) is 11.7. The van der Waals surface area contributed by atoms with Crippen molar-refractivity contribution in [3.05, 3.63) is 47.0 Å². The summed E-state index contributed by atoms with van der Waals surface area (Å²) in [6, 6.07) is 11.5. The highest BCUT2D eigenvalue weighted by Gasteiger charge is 2.18. The average molecular weight is 306 g/mol. The minimum atomic E-state index is 0.545. The van der Waals surface area contributed by atoms with Crippen LogP contribution in [0.5, 0.6) is 17.2 Å². The van der Waals surface area contributed by atoms with Gasteiger partial charge in [0.25, 0.3) is 0 Å². The van der Waals surface area contributed by atoms with Gasteiger partial charge in [-0.05, 0) is 35.9 Å². The molecule has 1 aliphatic rings. The Morgan fingerprint density at radius 1 is 1.19 bits per heavy atom. The van der Waals surface area contributed by atoms with E-state index in [-0.39, 0.29) is 0 Å². The van der Waals surface area contributed by atoms with Gasteiger partial charge in [-0.2, -0.15) is 0 Å². The summed E-state index contributed by atoms with van der Waals surface area (Å²) in [6.45, 7) is 1.75. The van der Waals surface area contributed by atoms with E-state index in [0.717, 1.165) is 17.0 Å². The van der Waals surface area contributed by atoms with Crippen LogP contribution in [0.4, 0.5) is 5.69 Å². The van der Waals surface area contributed by atoms with Crippen LogP contribution in [0.1, 0.15) is 5.56 Å². The molecule has 0 aromatic heterocycles. The minimum Gasteiger partial charge on any atom is -0.493 e. The lowest BCUT2D eigenvalue weighted by molar-refractivity contribution is 0.165. The number of fused-ring (bicyclic) bond motifs is 1. The molecular formula is C16H16ClNO3. The Kier molecular flexibility index (Phi) is 4.06. The third kappa shape index (κ3) is 3.16. The Labute approximate surface area is 128 Å². The van der Waals surface area contributed by atoms with Crippen LogP contribution in [-0.4, -0.2) is 20.3 Å². The summed E-state index contributed by atoms with van der Waals surface area (Å²) in [6.07, 6.45) is 0. The molecule has 4 nitrogen and oxygen atoms in total. The third-order valence-electron chi connectivity index (χ3n) is 3.21. The third-order valence-corrected chi connectivity index (χ3v) is 3.44. The van der Waals surface area contributed by atoms with Gasteiger partial charge in [-0.1, -0.05) is 17.7 Å². The number of hydrogen-bond donors (Lipinski definition) is 1. The lowest BCUT2D eigenvalue weighted by Crippen LogP contribution is -2.16. The molecular weight excluding hydrogens is 290 g/mol. The number of rotatable bonds is 4. The van der Waals surface area contributed by atoms with Gasteiger partial charge in [0.2, 0.25) is 5.75 Å². The Hall–Kier alpha value is -2.07. The lowest BCUT2D eigenvalue weighted by Gasteiger charge is -2.21. The SMILES string of the molecule is COc1cc(CNc2cccc(Cl)c2)cc2c1OCCO2. The number of halogens is 1. The number of ether oxygens (including phenoxy) is 3. The van der Waals surface area contributed by atoms with E-state index >= 15 is 0 Å². The first-order chi connectivity index (χ1) is 10.3. The highest BCUT2D eigenvalue weighted by atomic mass is 35.5. The molecule has 0 bridgehead atoms. The molecule has 0 amide bonds. The number of anilines is 1. The molecule has 0 unspecified atom stereocenters. The highest BCUT2D eigenvalue weighted by Crippen LogP contribution is 2.40. The molecule has 0 aliphatic carbocycles. The molecule has 110 valence electrons. The number of methoxy groups -OCH3 is 1. The lowest BCUT2D eigenvalue weighted by atomic mass is 10.1. The summed E-state index contributed by atoms with van der Waals surface area (Å²) in [4.78, 5) is 0. The largest absolute Gasteiger partial charge is 0.493 e. The van der Waals surface area contributed by atoms with Gasteiger partial charge in [-0.25, -0.2) is 0 Å². The predicted molar refractivity (Wildman–Crippen MR) is 82.8 cm³/mol. The van der Waals surface area contributed by atoms with Crippen molar-refractivity contribution >= 4 is 17.3 Å². The van der Waals surface area contributed by atoms with E-state index in [9.17, 15) is 0 Å². The maximum atomic E-state index is 5.97. The smallest absolute Gasteiger partial charge is 0.203 e.